The summed E-state index contributed by atoms with van der Waals surface area (Å²) < 4.78 is 25.5. The minimum Gasteiger partial charge on any atom is -0.324 e. The normalized spacial score (nSPS) is 17.2. The molecule has 0 atom stereocenters. The molecule has 128 valence electrons. The summed E-state index contributed by atoms with van der Waals surface area (Å²) in [6, 6.07) is 5.05. The van der Waals surface area contributed by atoms with Crippen molar-refractivity contribution in [2.24, 2.45) is 5.92 Å². The van der Waals surface area contributed by atoms with Crippen LogP contribution in [0.4, 0.5) is 5.69 Å². The van der Waals surface area contributed by atoms with Gasteiger partial charge in [-0.3, -0.25) is 4.79 Å². The van der Waals surface area contributed by atoms with Crippen LogP contribution in [-0.4, -0.2) is 37.5 Å². The molecule has 23 heavy (non-hydrogen) atoms. The number of carbonyl (C=O) groups is 1. The molecular formula is C15H20Cl2N2O3S. The Hall–Kier alpha value is -0.820. The number of piperidine rings is 1. The number of anilines is 1. The third-order valence-electron chi connectivity index (χ3n) is 3.89. The number of carbonyl (C=O) groups excluding carboxylic acids is 1. The number of rotatable bonds is 5. The standard InChI is InChI=1S/C15H20Cl2N2O3S/c1-2-10-23(21,22)19-8-6-11(7-9-19)15(20)18-13-5-3-4-12(16)14(13)17/h3-5,11H,2,6-10H2,1H3,(H,18,20). The van der Waals surface area contributed by atoms with Gasteiger partial charge in [0.1, 0.15) is 0 Å². The van der Waals surface area contributed by atoms with E-state index in [1.807, 2.05) is 6.92 Å². The molecule has 1 saturated heterocycles. The largest absolute Gasteiger partial charge is 0.324 e. The van der Waals surface area contributed by atoms with E-state index in [0.29, 0.717) is 48.1 Å². The van der Waals surface area contributed by atoms with Crippen molar-refractivity contribution in [3.05, 3.63) is 28.2 Å². The summed E-state index contributed by atoms with van der Waals surface area (Å²) in [5.41, 5.74) is 0.477. The summed E-state index contributed by atoms with van der Waals surface area (Å²) in [5, 5.41) is 3.47. The van der Waals surface area contributed by atoms with Gasteiger partial charge < -0.3 is 5.32 Å². The first kappa shape index (κ1) is 18.5. The minimum absolute atomic E-state index is 0.151. The molecular weight excluding hydrogens is 359 g/mol. The fraction of sp³-hybridized carbons (Fsp3) is 0.533. The van der Waals surface area contributed by atoms with Crippen molar-refractivity contribution in [3.63, 3.8) is 0 Å². The minimum atomic E-state index is -3.19. The molecule has 0 bridgehead atoms. The van der Waals surface area contributed by atoms with Crippen molar-refractivity contribution >= 4 is 44.8 Å². The predicted octanol–water partition coefficient (Wildman–Crippen LogP) is 3.38. The zero-order chi connectivity index (χ0) is 17.0. The topological polar surface area (TPSA) is 66.5 Å². The Morgan fingerprint density at radius 1 is 1.30 bits per heavy atom. The Bertz CT molecular complexity index is 671. The molecule has 0 unspecified atom stereocenters. The second-order valence-corrected chi connectivity index (χ2v) is 8.45. The predicted molar refractivity (Wildman–Crippen MR) is 93.5 cm³/mol. The lowest BCUT2D eigenvalue weighted by atomic mass is 9.97. The summed E-state index contributed by atoms with van der Waals surface area (Å²) >= 11 is 12.0. The second kappa shape index (κ2) is 7.83. The molecule has 1 aromatic rings. The van der Waals surface area contributed by atoms with Crippen LogP contribution in [0, 0.1) is 5.92 Å². The molecule has 1 amide bonds. The van der Waals surface area contributed by atoms with Crippen LogP contribution in [0.1, 0.15) is 26.2 Å². The summed E-state index contributed by atoms with van der Waals surface area (Å²) in [6.45, 7) is 2.60. The van der Waals surface area contributed by atoms with Crippen molar-refractivity contribution in [3.8, 4) is 0 Å². The third-order valence-corrected chi connectivity index (χ3v) is 6.78. The lowest BCUT2D eigenvalue weighted by Gasteiger charge is -2.30. The van der Waals surface area contributed by atoms with Gasteiger partial charge in [-0.15, -0.1) is 0 Å². The van der Waals surface area contributed by atoms with E-state index in [0.717, 1.165) is 0 Å². The van der Waals surface area contributed by atoms with Crippen molar-refractivity contribution in [2.75, 3.05) is 24.2 Å². The van der Waals surface area contributed by atoms with Crippen LogP contribution in [0.15, 0.2) is 18.2 Å². The molecule has 1 aliphatic heterocycles. The lowest BCUT2D eigenvalue weighted by molar-refractivity contribution is -0.120. The summed E-state index contributed by atoms with van der Waals surface area (Å²) in [4.78, 5) is 12.3. The average Bonchev–Trinajstić information content (AvgIpc) is 2.52. The van der Waals surface area contributed by atoms with Gasteiger partial charge in [-0.25, -0.2) is 12.7 Å². The lowest BCUT2D eigenvalue weighted by Crippen LogP contribution is -2.42. The SMILES string of the molecule is CCCS(=O)(=O)N1CCC(C(=O)Nc2cccc(Cl)c2Cl)CC1. The van der Waals surface area contributed by atoms with Crippen LogP contribution in [0.5, 0.6) is 0 Å². The molecule has 1 N–H and O–H groups in total. The number of hydrogen-bond acceptors (Lipinski definition) is 3. The zero-order valence-corrected chi connectivity index (χ0v) is 15.2. The van der Waals surface area contributed by atoms with E-state index < -0.39 is 10.0 Å². The first-order valence-electron chi connectivity index (χ1n) is 7.58. The molecule has 0 radical (unpaired) electrons. The Kier molecular flexibility index (Phi) is 6.31. The van der Waals surface area contributed by atoms with Gasteiger partial charge in [0.15, 0.2) is 0 Å². The number of sulfonamides is 1. The molecule has 1 aliphatic rings. The monoisotopic (exact) mass is 378 g/mol. The highest BCUT2D eigenvalue weighted by Crippen LogP contribution is 2.30. The van der Waals surface area contributed by atoms with Crippen molar-refractivity contribution in [2.45, 2.75) is 26.2 Å². The third kappa shape index (κ3) is 4.59. The molecule has 5 nitrogen and oxygen atoms in total. The van der Waals surface area contributed by atoms with Gasteiger partial charge in [0, 0.05) is 19.0 Å². The molecule has 2 rings (SSSR count). The van der Waals surface area contributed by atoms with Crippen LogP contribution < -0.4 is 5.32 Å². The van der Waals surface area contributed by atoms with Gasteiger partial charge in [0.05, 0.1) is 21.5 Å². The quantitative estimate of drug-likeness (QED) is 0.853. The van der Waals surface area contributed by atoms with Gasteiger partial charge in [0.25, 0.3) is 0 Å². The molecule has 1 fully saturated rings. The summed E-state index contributed by atoms with van der Waals surface area (Å²) in [5.74, 6) is -0.220. The van der Waals surface area contributed by atoms with E-state index in [-0.39, 0.29) is 17.6 Å². The van der Waals surface area contributed by atoms with Gasteiger partial charge in [-0.1, -0.05) is 36.2 Å². The Balaban J connectivity index is 1.95. The van der Waals surface area contributed by atoms with E-state index in [4.69, 9.17) is 23.2 Å². The number of benzene rings is 1. The molecule has 0 spiro atoms. The number of hydrogen-bond donors (Lipinski definition) is 1. The maximum absolute atomic E-state index is 12.3. The smallest absolute Gasteiger partial charge is 0.227 e. The highest BCUT2D eigenvalue weighted by Gasteiger charge is 2.30. The second-order valence-electron chi connectivity index (χ2n) is 5.58. The Labute approximate surface area is 147 Å². The molecule has 1 heterocycles. The van der Waals surface area contributed by atoms with Gasteiger partial charge >= 0.3 is 0 Å². The Morgan fingerprint density at radius 2 is 1.96 bits per heavy atom. The molecule has 0 aromatic heterocycles. The fourth-order valence-electron chi connectivity index (χ4n) is 2.62. The van der Waals surface area contributed by atoms with Crippen LogP contribution >= 0.6 is 23.2 Å². The number of amides is 1. The van der Waals surface area contributed by atoms with Gasteiger partial charge in [-0.2, -0.15) is 0 Å². The van der Waals surface area contributed by atoms with Crippen LogP contribution in [0.25, 0.3) is 0 Å². The number of halogens is 2. The summed E-state index contributed by atoms with van der Waals surface area (Å²) in [6.07, 6.45) is 1.61. The maximum Gasteiger partial charge on any atom is 0.227 e. The van der Waals surface area contributed by atoms with Gasteiger partial charge in [-0.05, 0) is 31.4 Å². The van der Waals surface area contributed by atoms with Crippen molar-refractivity contribution < 1.29 is 13.2 Å². The highest BCUT2D eigenvalue weighted by atomic mass is 35.5. The van der Waals surface area contributed by atoms with Crippen LogP contribution in [0.3, 0.4) is 0 Å². The molecule has 0 saturated carbocycles. The van der Waals surface area contributed by atoms with Gasteiger partial charge in [0.2, 0.25) is 15.9 Å². The number of nitrogens with zero attached hydrogens (tertiary/aromatic N) is 1. The first-order valence-corrected chi connectivity index (χ1v) is 9.94. The van der Waals surface area contributed by atoms with Crippen molar-refractivity contribution in [1.29, 1.82) is 0 Å². The van der Waals surface area contributed by atoms with E-state index in [1.54, 1.807) is 18.2 Å². The average molecular weight is 379 g/mol. The molecule has 8 heteroatoms. The van der Waals surface area contributed by atoms with Crippen LogP contribution in [-0.2, 0) is 14.8 Å². The first-order chi connectivity index (χ1) is 10.8. The van der Waals surface area contributed by atoms with E-state index in [1.165, 1.54) is 4.31 Å². The number of nitrogens with one attached hydrogen (secondary N) is 1. The highest BCUT2D eigenvalue weighted by molar-refractivity contribution is 7.89. The van der Waals surface area contributed by atoms with E-state index in [9.17, 15) is 13.2 Å². The fourth-order valence-corrected chi connectivity index (χ4v) is 4.51. The van der Waals surface area contributed by atoms with E-state index >= 15 is 0 Å². The summed E-state index contributed by atoms with van der Waals surface area (Å²) in [7, 11) is -3.19. The van der Waals surface area contributed by atoms with E-state index in [2.05, 4.69) is 5.32 Å². The van der Waals surface area contributed by atoms with Crippen LogP contribution in [0.2, 0.25) is 10.0 Å². The van der Waals surface area contributed by atoms with Crippen molar-refractivity contribution in [1.82, 2.24) is 4.31 Å². The maximum atomic E-state index is 12.3. The molecule has 1 aromatic carbocycles. The zero-order valence-electron chi connectivity index (χ0n) is 12.9. The Morgan fingerprint density at radius 3 is 2.57 bits per heavy atom. The molecule has 0 aliphatic carbocycles.